The minimum absolute atomic E-state index is 0.219. The molecule has 1 amide bonds. The monoisotopic (exact) mass is 472 g/mol. The summed E-state index contributed by atoms with van der Waals surface area (Å²) in [5.41, 5.74) is 8.62. The molecule has 0 spiro atoms. The number of nitrogen functional groups attached to an aromatic ring is 1. The van der Waals surface area contributed by atoms with E-state index in [-0.39, 0.29) is 12.5 Å². The number of hydrogen-bond donors (Lipinski definition) is 2. The third-order valence-corrected chi connectivity index (χ3v) is 5.93. The Hall–Kier alpha value is -3.03. The van der Waals surface area contributed by atoms with Crippen LogP contribution < -0.4 is 15.8 Å². The standard InChI is InChI=1S/C24H25ClN2O4S/c1-4-12-31-19-11-8-16(13-18(19)26)22(28)27-23-21(24(29)30-5-2)20(14(3)32-23)15-6-9-17(25)10-7-15/h6-11,13H,4-5,12,26H2,1-3H3,(H,27,28). The highest BCUT2D eigenvalue weighted by atomic mass is 35.5. The summed E-state index contributed by atoms with van der Waals surface area (Å²) < 4.78 is 10.8. The number of carbonyl (C=O) groups is 2. The number of benzene rings is 2. The van der Waals surface area contributed by atoms with E-state index in [4.69, 9.17) is 26.8 Å². The number of hydrogen-bond acceptors (Lipinski definition) is 6. The second kappa shape index (κ2) is 10.5. The van der Waals surface area contributed by atoms with Crippen molar-refractivity contribution in [2.75, 3.05) is 24.3 Å². The van der Waals surface area contributed by atoms with Crippen molar-refractivity contribution in [1.82, 2.24) is 0 Å². The molecule has 0 unspecified atom stereocenters. The van der Waals surface area contributed by atoms with Crippen LogP contribution >= 0.6 is 22.9 Å². The molecule has 2 aromatic carbocycles. The van der Waals surface area contributed by atoms with Gasteiger partial charge in [0, 0.05) is 21.0 Å². The second-order valence-corrected chi connectivity index (χ2v) is 8.68. The average molecular weight is 473 g/mol. The number of nitrogens with one attached hydrogen (secondary N) is 1. The number of aryl methyl sites for hydroxylation is 1. The first kappa shape index (κ1) is 23.6. The van der Waals surface area contributed by atoms with Crippen LogP contribution in [0, 0.1) is 6.92 Å². The van der Waals surface area contributed by atoms with Gasteiger partial charge in [0.15, 0.2) is 0 Å². The van der Waals surface area contributed by atoms with Crippen molar-refractivity contribution >= 4 is 45.5 Å². The molecule has 0 radical (unpaired) electrons. The summed E-state index contributed by atoms with van der Waals surface area (Å²) in [6, 6.07) is 12.1. The first-order chi connectivity index (χ1) is 15.3. The van der Waals surface area contributed by atoms with Crippen molar-refractivity contribution < 1.29 is 19.1 Å². The van der Waals surface area contributed by atoms with Crippen molar-refractivity contribution in [3.05, 3.63) is 63.5 Å². The molecule has 1 heterocycles. The maximum absolute atomic E-state index is 13.0. The Morgan fingerprint density at radius 1 is 1.12 bits per heavy atom. The van der Waals surface area contributed by atoms with Gasteiger partial charge in [-0.2, -0.15) is 0 Å². The molecule has 3 aromatic rings. The molecule has 1 aromatic heterocycles. The smallest absolute Gasteiger partial charge is 0.341 e. The molecular weight excluding hydrogens is 448 g/mol. The average Bonchev–Trinajstić information content (AvgIpc) is 3.09. The molecule has 0 saturated carbocycles. The van der Waals surface area contributed by atoms with Gasteiger partial charge in [0.05, 0.1) is 18.9 Å². The van der Waals surface area contributed by atoms with E-state index in [1.54, 1.807) is 37.3 Å². The molecular formula is C24H25ClN2O4S. The Kier molecular flexibility index (Phi) is 7.77. The first-order valence-corrected chi connectivity index (χ1v) is 11.4. The lowest BCUT2D eigenvalue weighted by atomic mass is 10.0. The Labute approximate surface area is 196 Å². The van der Waals surface area contributed by atoms with E-state index in [2.05, 4.69) is 5.32 Å². The summed E-state index contributed by atoms with van der Waals surface area (Å²) in [6.45, 7) is 6.39. The molecule has 0 fully saturated rings. The summed E-state index contributed by atoms with van der Waals surface area (Å²) in [6.07, 6.45) is 0.853. The van der Waals surface area contributed by atoms with Gasteiger partial charge in [-0.05, 0) is 56.2 Å². The zero-order valence-electron chi connectivity index (χ0n) is 18.2. The number of anilines is 2. The molecule has 3 rings (SSSR count). The van der Waals surface area contributed by atoms with Crippen LogP contribution in [0.5, 0.6) is 5.75 Å². The lowest BCUT2D eigenvalue weighted by molar-refractivity contribution is 0.0529. The van der Waals surface area contributed by atoms with Gasteiger partial charge in [-0.15, -0.1) is 11.3 Å². The lowest BCUT2D eigenvalue weighted by Crippen LogP contribution is -2.15. The van der Waals surface area contributed by atoms with E-state index in [1.165, 1.54) is 11.3 Å². The minimum Gasteiger partial charge on any atom is -0.491 e. The van der Waals surface area contributed by atoms with E-state index >= 15 is 0 Å². The van der Waals surface area contributed by atoms with E-state index in [1.807, 2.05) is 26.0 Å². The van der Waals surface area contributed by atoms with Gasteiger partial charge < -0.3 is 20.5 Å². The largest absolute Gasteiger partial charge is 0.491 e. The van der Waals surface area contributed by atoms with Gasteiger partial charge in [-0.25, -0.2) is 4.79 Å². The van der Waals surface area contributed by atoms with Crippen LogP contribution in [-0.2, 0) is 4.74 Å². The number of amides is 1. The summed E-state index contributed by atoms with van der Waals surface area (Å²) in [4.78, 5) is 26.7. The van der Waals surface area contributed by atoms with E-state index in [9.17, 15) is 9.59 Å². The topological polar surface area (TPSA) is 90.6 Å². The van der Waals surface area contributed by atoms with Gasteiger partial charge in [0.25, 0.3) is 5.91 Å². The highest BCUT2D eigenvalue weighted by Crippen LogP contribution is 2.41. The van der Waals surface area contributed by atoms with Crippen molar-refractivity contribution in [3.8, 4) is 16.9 Å². The molecule has 0 aliphatic rings. The quantitative estimate of drug-likeness (QED) is 0.302. The van der Waals surface area contributed by atoms with Crippen LogP contribution in [0.2, 0.25) is 5.02 Å². The number of nitrogens with two attached hydrogens (primary N) is 1. The molecule has 0 aliphatic carbocycles. The van der Waals surface area contributed by atoms with Gasteiger partial charge in [0.1, 0.15) is 16.3 Å². The number of rotatable bonds is 8. The highest BCUT2D eigenvalue weighted by molar-refractivity contribution is 7.17. The molecule has 3 N–H and O–H groups in total. The Balaban J connectivity index is 1.96. The molecule has 0 saturated heterocycles. The summed E-state index contributed by atoms with van der Waals surface area (Å²) in [5, 5.41) is 3.87. The van der Waals surface area contributed by atoms with Gasteiger partial charge in [-0.3, -0.25) is 4.79 Å². The fourth-order valence-electron chi connectivity index (χ4n) is 3.20. The molecule has 0 atom stereocenters. The summed E-state index contributed by atoms with van der Waals surface area (Å²) in [5.74, 6) is -0.347. The van der Waals surface area contributed by atoms with Gasteiger partial charge in [-0.1, -0.05) is 30.7 Å². The number of carbonyl (C=O) groups excluding carboxylic acids is 2. The van der Waals surface area contributed by atoms with Gasteiger partial charge >= 0.3 is 5.97 Å². The zero-order chi connectivity index (χ0) is 23.3. The summed E-state index contributed by atoms with van der Waals surface area (Å²) in [7, 11) is 0. The fraction of sp³-hybridized carbons (Fsp3) is 0.250. The number of halogens is 1. The predicted octanol–water partition coefficient (Wildman–Crippen LogP) is 6.18. The normalized spacial score (nSPS) is 10.6. The fourth-order valence-corrected chi connectivity index (χ4v) is 4.39. The van der Waals surface area contributed by atoms with E-state index < -0.39 is 5.97 Å². The van der Waals surface area contributed by atoms with E-state index in [0.29, 0.717) is 44.8 Å². The van der Waals surface area contributed by atoms with Crippen molar-refractivity contribution in [1.29, 1.82) is 0 Å². The van der Waals surface area contributed by atoms with Gasteiger partial charge in [0.2, 0.25) is 0 Å². The molecule has 6 nitrogen and oxygen atoms in total. The SMILES string of the molecule is CCCOc1ccc(C(=O)Nc2sc(C)c(-c3ccc(Cl)cc3)c2C(=O)OCC)cc1N. The maximum atomic E-state index is 13.0. The molecule has 168 valence electrons. The third kappa shape index (κ3) is 5.23. The lowest BCUT2D eigenvalue weighted by Gasteiger charge is -2.11. The maximum Gasteiger partial charge on any atom is 0.341 e. The van der Waals surface area contributed by atoms with Crippen molar-refractivity contribution in [3.63, 3.8) is 0 Å². The summed E-state index contributed by atoms with van der Waals surface area (Å²) >= 11 is 7.33. The van der Waals surface area contributed by atoms with Crippen molar-refractivity contribution in [2.45, 2.75) is 27.2 Å². The van der Waals surface area contributed by atoms with Crippen LogP contribution in [0.3, 0.4) is 0 Å². The number of ether oxygens (including phenoxy) is 2. The Bertz CT molecular complexity index is 1130. The van der Waals surface area contributed by atoms with Crippen LogP contribution in [-0.4, -0.2) is 25.1 Å². The number of thiophene rings is 1. The first-order valence-electron chi connectivity index (χ1n) is 10.3. The van der Waals surface area contributed by atoms with E-state index in [0.717, 1.165) is 16.9 Å². The Morgan fingerprint density at radius 3 is 2.47 bits per heavy atom. The van der Waals surface area contributed by atoms with Crippen LogP contribution in [0.1, 0.15) is 45.9 Å². The molecule has 32 heavy (non-hydrogen) atoms. The van der Waals surface area contributed by atoms with Crippen LogP contribution in [0.25, 0.3) is 11.1 Å². The predicted molar refractivity (Wildman–Crippen MR) is 130 cm³/mol. The van der Waals surface area contributed by atoms with Crippen molar-refractivity contribution in [2.24, 2.45) is 0 Å². The number of esters is 1. The minimum atomic E-state index is -0.500. The third-order valence-electron chi connectivity index (χ3n) is 4.66. The highest BCUT2D eigenvalue weighted by Gasteiger charge is 2.26. The Morgan fingerprint density at radius 2 is 1.84 bits per heavy atom. The van der Waals surface area contributed by atoms with Crippen LogP contribution in [0.4, 0.5) is 10.7 Å². The molecule has 0 bridgehead atoms. The molecule has 0 aliphatic heterocycles. The second-order valence-electron chi connectivity index (χ2n) is 7.02. The zero-order valence-corrected chi connectivity index (χ0v) is 19.7. The van der Waals surface area contributed by atoms with Crippen LogP contribution in [0.15, 0.2) is 42.5 Å². The molecule has 8 heteroatoms.